The highest BCUT2D eigenvalue weighted by atomic mass is 16.5. The average molecular weight is 507 g/mol. The Morgan fingerprint density at radius 3 is 2.49 bits per heavy atom. The van der Waals surface area contributed by atoms with Crippen molar-refractivity contribution >= 4 is 34.2 Å². The maximum Gasteiger partial charge on any atom is 0.310 e. The Kier molecular flexibility index (Phi) is 8.98. The first-order chi connectivity index (χ1) is 18.0. The van der Waals surface area contributed by atoms with E-state index in [1.54, 1.807) is 11.8 Å². The Labute approximate surface area is 218 Å². The van der Waals surface area contributed by atoms with Crippen molar-refractivity contribution in [2.45, 2.75) is 52.0 Å². The lowest BCUT2D eigenvalue weighted by Gasteiger charge is -2.33. The summed E-state index contributed by atoms with van der Waals surface area (Å²) in [6, 6.07) is 13.0. The Balaban J connectivity index is 1.62. The molecule has 0 saturated carbocycles. The number of likely N-dealkylation sites (tertiary alicyclic amines) is 1. The van der Waals surface area contributed by atoms with Crippen LogP contribution in [0.4, 0.5) is 5.69 Å². The fourth-order valence-electron chi connectivity index (χ4n) is 5.92. The van der Waals surface area contributed by atoms with Gasteiger partial charge < -0.3 is 20.1 Å². The van der Waals surface area contributed by atoms with E-state index in [0.717, 1.165) is 36.5 Å². The summed E-state index contributed by atoms with van der Waals surface area (Å²) >= 11 is 0. The first kappa shape index (κ1) is 26.9. The van der Waals surface area contributed by atoms with E-state index >= 15 is 0 Å². The number of aliphatic hydroxyl groups excluding tert-OH is 1. The third-order valence-electron chi connectivity index (χ3n) is 7.73. The number of anilines is 1. The number of carbonyl (C=O) groups is 3. The second-order valence-corrected chi connectivity index (χ2v) is 10.0. The van der Waals surface area contributed by atoms with Gasteiger partial charge in [0.1, 0.15) is 6.04 Å². The molecule has 1 heterocycles. The normalized spacial score (nSPS) is 24.8. The molecule has 2 N–H and O–H groups in total. The van der Waals surface area contributed by atoms with Crippen molar-refractivity contribution in [2.75, 3.05) is 25.1 Å². The van der Waals surface area contributed by atoms with Crippen LogP contribution in [0.5, 0.6) is 0 Å². The smallest absolute Gasteiger partial charge is 0.310 e. The van der Waals surface area contributed by atoms with Gasteiger partial charge in [-0.1, -0.05) is 62.2 Å². The summed E-state index contributed by atoms with van der Waals surface area (Å²) in [5.74, 6) is -2.46. The number of allylic oxidation sites excluding steroid dienone is 1. The molecule has 0 aromatic heterocycles. The monoisotopic (exact) mass is 506 g/mol. The van der Waals surface area contributed by atoms with Crippen LogP contribution >= 0.6 is 0 Å². The molecule has 1 aliphatic heterocycles. The highest BCUT2D eigenvalue weighted by molar-refractivity contribution is 6.02. The largest absolute Gasteiger partial charge is 0.466 e. The molecule has 1 aliphatic carbocycles. The molecule has 7 nitrogen and oxygen atoms in total. The Bertz CT molecular complexity index is 1150. The number of unbranched alkanes of at least 4 members (excludes halogenated alkanes) is 3. The van der Waals surface area contributed by atoms with Gasteiger partial charge in [0.05, 0.1) is 18.4 Å². The van der Waals surface area contributed by atoms with Crippen molar-refractivity contribution in [2.24, 2.45) is 23.7 Å². The van der Waals surface area contributed by atoms with E-state index in [1.807, 2.05) is 61.5 Å². The Morgan fingerprint density at radius 1 is 1.00 bits per heavy atom. The van der Waals surface area contributed by atoms with Gasteiger partial charge in [-0.2, -0.15) is 0 Å². The number of nitrogens with one attached hydrogen (secondary N) is 1. The fourth-order valence-corrected chi connectivity index (χ4v) is 5.92. The molecule has 2 amide bonds. The lowest BCUT2D eigenvalue weighted by molar-refractivity contribution is -0.155. The molecular formula is C30H38N2O5. The molecule has 2 aromatic rings. The molecule has 2 aromatic carbocycles. The van der Waals surface area contributed by atoms with Crippen molar-refractivity contribution in [3.8, 4) is 0 Å². The third-order valence-corrected chi connectivity index (χ3v) is 7.73. The van der Waals surface area contributed by atoms with Crippen molar-refractivity contribution in [1.82, 2.24) is 4.90 Å². The summed E-state index contributed by atoms with van der Waals surface area (Å²) < 4.78 is 5.40. The number of amides is 2. The SMILES string of the molecule is CCOC(=O)[C@H]1[C@H]2C(=O)N(CCCCCCO)[C@H](C(=O)Nc3ccc4ccccc4c3)[C@H]2C=C[C@H]1CC. The first-order valence-corrected chi connectivity index (χ1v) is 13.6. The van der Waals surface area contributed by atoms with Crippen LogP contribution in [-0.4, -0.2) is 53.6 Å². The number of hydrogen-bond acceptors (Lipinski definition) is 5. The maximum absolute atomic E-state index is 13.8. The van der Waals surface area contributed by atoms with Crippen LogP contribution < -0.4 is 5.32 Å². The van der Waals surface area contributed by atoms with Crippen molar-refractivity contribution in [3.05, 3.63) is 54.6 Å². The lowest BCUT2D eigenvalue weighted by atomic mass is 9.69. The van der Waals surface area contributed by atoms with E-state index < -0.39 is 23.8 Å². The number of benzene rings is 2. The summed E-state index contributed by atoms with van der Waals surface area (Å²) in [7, 11) is 0. The van der Waals surface area contributed by atoms with Gasteiger partial charge in [-0.3, -0.25) is 14.4 Å². The quantitative estimate of drug-likeness (QED) is 0.265. The summed E-state index contributed by atoms with van der Waals surface area (Å²) in [6.07, 6.45) is 7.86. The summed E-state index contributed by atoms with van der Waals surface area (Å²) in [5, 5.41) is 14.2. The molecule has 5 atom stereocenters. The second kappa shape index (κ2) is 12.4. The van der Waals surface area contributed by atoms with E-state index in [4.69, 9.17) is 9.84 Å². The van der Waals surface area contributed by atoms with E-state index in [0.29, 0.717) is 18.7 Å². The Hall–Kier alpha value is -3.19. The van der Waals surface area contributed by atoms with Crippen molar-refractivity contribution in [3.63, 3.8) is 0 Å². The molecule has 0 spiro atoms. The molecule has 2 aliphatic rings. The summed E-state index contributed by atoms with van der Waals surface area (Å²) in [5.41, 5.74) is 0.677. The first-order valence-electron chi connectivity index (χ1n) is 13.6. The third kappa shape index (κ3) is 5.72. The summed E-state index contributed by atoms with van der Waals surface area (Å²) in [4.78, 5) is 42.3. The number of rotatable bonds is 11. The van der Waals surface area contributed by atoms with E-state index in [1.165, 1.54) is 0 Å². The van der Waals surface area contributed by atoms with Gasteiger partial charge in [-0.05, 0) is 55.0 Å². The van der Waals surface area contributed by atoms with Gasteiger partial charge >= 0.3 is 5.97 Å². The van der Waals surface area contributed by atoms with Gasteiger partial charge in [0.15, 0.2) is 0 Å². The van der Waals surface area contributed by atoms with Gasteiger partial charge in [0.2, 0.25) is 11.8 Å². The van der Waals surface area contributed by atoms with Crippen LogP contribution in [-0.2, 0) is 19.1 Å². The number of hydrogen-bond donors (Lipinski definition) is 2. The molecule has 7 heteroatoms. The maximum atomic E-state index is 13.8. The molecule has 37 heavy (non-hydrogen) atoms. The molecule has 0 unspecified atom stereocenters. The second-order valence-electron chi connectivity index (χ2n) is 10.0. The number of carbonyl (C=O) groups excluding carboxylic acids is 3. The van der Waals surface area contributed by atoms with Gasteiger partial charge in [0, 0.05) is 24.8 Å². The van der Waals surface area contributed by atoms with Gasteiger partial charge in [-0.25, -0.2) is 0 Å². The zero-order valence-corrected chi connectivity index (χ0v) is 21.8. The number of fused-ring (bicyclic) bond motifs is 2. The van der Waals surface area contributed by atoms with E-state index in [2.05, 4.69) is 5.32 Å². The molecular weight excluding hydrogens is 468 g/mol. The number of aliphatic hydroxyl groups is 1. The fraction of sp³-hybridized carbons (Fsp3) is 0.500. The van der Waals surface area contributed by atoms with Crippen LogP contribution in [0, 0.1) is 23.7 Å². The number of nitrogens with zero attached hydrogens (tertiary/aromatic N) is 1. The van der Waals surface area contributed by atoms with Crippen LogP contribution in [0.25, 0.3) is 10.8 Å². The average Bonchev–Trinajstić information content (AvgIpc) is 3.19. The minimum atomic E-state index is -0.701. The molecule has 0 bridgehead atoms. The molecule has 1 fully saturated rings. The number of ether oxygens (including phenoxy) is 1. The van der Waals surface area contributed by atoms with E-state index in [9.17, 15) is 14.4 Å². The van der Waals surface area contributed by atoms with Crippen LogP contribution in [0.2, 0.25) is 0 Å². The van der Waals surface area contributed by atoms with Gasteiger partial charge in [0.25, 0.3) is 0 Å². The predicted molar refractivity (Wildman–Crippen MR) is 144 cm³/mol. The van der Waals surface area contributed by atoms with Gasteiger partial charge in [-0.15, -0.1) is 0 Å². The standard InChI is InChI=1S/C30H38N2O5/c1-3-20-14-16-24-26(25(20)30(36)37-4-2)29(35)32(17-9-5-6-10-18-33)27(24)28(34)31-23-15-13-21-11-7-8-12-22(21)19-23/h7-8,11-16,19-20,24-27,33H,3-6,9-10,17-18H2,1-2H3,(H,31,34)/t20-,24+,25-,26+,27+/m1/s1. The van der Waals surface area contributed by atoms with Crippen LogP contribution in [0.3, 0.4) is 0 Å². The van der Waals surface area contributed by atoms with Crippen LogP contribution in [0.1, 0.15) is 46.0 Å². The molecule has 4 rings (SSSR count). The molecule has 0 radical (unpaired) electrons. The predicted octanol–water partition coefficient (Wildman–Crippen LogP) is 4.55. The minimum absolute atomic E-state index is 0.0991. The molecule has 1 saturated heterocycles. The highest BCUT2D eigenvalue weighted by Crippen LogP contribution is 2.45. The number of esters is 1. The Morgan fingerprint density at radius 2 is 1.76 bits per heavy atom. The zero-order chi connectivity index (χ0) is 26.4. The van der Waals surface area contributed by atoms with Crippen molar-refractivity contribution in [1.29, 1.82) is 0 Å². The summed E-state index contributed by atoms with van der Waals surface area (Å²) in [6.45, 7) is 4.61. The lowest BCUT2D eigenvalue weighted by Crippen LogP contribution is -2.44. The van der Waals surface area contributed by atoms with E-state index in [-0.39, 0.29) is 36.9 Å². The topological polar surface area (TPSA) is 95.9 Å². The zero-order valence-electron chi connectivity index (χ0n) is 21.8. The highest BCUT2D eigenvalue weighted by Gasteiger charge is 2.57. The van der Waals surface area contributed by atoms with Crippen LogP contribution in [0.15, 0.2) is 54.6 Å². The molecule has 198 valence electrons. The minimum Gasteiger partial charge on any atom is -0.466 e. The van der Waals surface area contributed by atoms with Crippen molar-refractivity contribution < 1.29 is 24.2 Å².